The molecule has 0 N–H and O–H groups in total. The Morgan fingerprint density at radius 3 is 2.96 bits per heavy atom. The third-order valence-electron chi connectivity index (χ3n) is 5.86. The molecule has 4 nitrogen and oxygen atoms in total. The summed E-state index contributed by atoms with van der Waals surface area (Å²) in [4.78, 5) is 15.0. The van der Waals surface area contributed by atoms with Gasteiger partial charge >= 0.3 is 0 Å². The van der Waals surface area contributed by atoms with Crippen molar-refractivity contribution in [2.24, 2.45) is 7.05 Å². The molecule has 25 heavy (non-hydrogen) atoms. The van der Waals surface area contributed by atoms with Crippen molar-refractivity contribution in [1.82, 2.24) is 14.7 Å². The fraction of sp³-hybridized carbons (Fsp3) is 0.524. The molecule has 0 spiro atoms. The van der Waals surface area contributed by atoms with Gasteiger partial charge in [-0.3, -0.25) is 9.48 Å². The van der Waals surface area contributed by atoms with E-state index in [1.165, 1.54) is 30.4 Å². The molecule has 1 amide bonds. The van der Waals surface area contributed by atoms with Crippen LogP contribution in [-0.2, 0) is 24.7 Å². The quantitative estimate of drug-likeness (QED) is 0.857. The number of benzene rings is 1. The second-order valence-electron chi connectivity index (χ2n) is 7.61. The van der Waals surface area contributed by atoms with Crippen molar-refractivity contribution in [3.8, 4) is 0 Å². The van der Waals surface area contributed by atoms with Crippen LogP contribution in [0.5, 0.6) is 0 Å². The Labute approximate surface area is 149 Å². The van der Waals surface area contributed by atoms with E-state index < -0.39 is 0 Å². The van der Waals surface area contributed by atoms with Crippen molar-refractivity contribution in [2.45, 2.75) is 56.9 Å². The van der Waals surface area contributed by atoms with Crippen molar-refractivity contribution in [2.75, 3.05) is 6.54 Å². The van der Waals surface area contributed by atoms with Crippen molar-refractivity contribution >= 4 is 5.91 Å². The molecule has 2 atom stereocenters. The first kappa shape index (κ1) is 16.4. The number of amides is 1. The van der Waals surface area contributed by atoms with Gasteiger partial charge in [0.15, 0.2) is 0 Å². The molecule has 0 saturated carbocycles. The van der Waals surface area contributed by atoms with Gasteiger partial charge in [-0.1, -0.05) is 24.3 Å². The molecular formula is C21H27N3O. The number of hydrogen-bond donors (Lipinski definition) is 0. The normalized spacial score (nSPS) is 22.8. The third-order valence-corrected chi connectivity index (χ3v) is 5.86. The molecule has 1 aliphatic heterocycles. The predicted octanol–water partition coefficient (Wildman–Crippen LogP) is 3.46. The van der Waals surface area contributed by atoms with Gasteiger partial charge in [0.2, 0.25) is 5.91 Å². The molecule has 132 valence electrons. The Hall–Kier alpha value is -2.10. The minimum absolute atomic E-state index is 0.264. The van der Waals surface area contributed by atoms with Gasteiger partial charge < -0.3 is 4.90 Å². The van der Waals surface area contributed by atoms with E-state index >= 15 is 0 Å². The summed E-state index contributed by atoms with van der Waals surface area (Å²) in [5.41, 5.74) is 4.06. The first-order valence-corrected chi connectivity index (χ1v) is 9.55. The second kappa shape index (κ2) is 7.03. The lowest BCUT2D eigenvalue weighted by Crippen LogP contribution is -2.37. The average Bonchev–Trinajstić information content (AvgIpc) is 3.24. The molecule has 0 bridgehead atoms. The van der Waals surface area contributed by atoms with Crippen LogP contribution in [0.25, 0.3) is 0 Å². The predicted molar refractivity (Wildman–Crippen MR) is 98.4 cm³/mol. The highest BCUT2D eigenvalue weighted by atomic mass is 16.2. The highest BCUT2D eigenvalue weighted by Crippen LogP contribution is 2.37. The Morgan fingerprint density at radius 1 is 1.24 bits per heavy atom. The zero-order valence-electron chi connectivity index (χ0n) is 15.0. The lowest BCUT2D eigenvalue weighted by atomic mass is 9.79. The number of hydrogen-bond acceptors (Lipinski definition) is 2. The zero-order chi connectivity index (χ0) is 17.2. The standard InChI is InChI=1S/C21H27N3O/c1-23-15-16(14-22-23)12-21(25)24-11-5-9-19(24)13-18-8-4-7-17-6-2-3-10-20(17)18/h2-3,6,10,14-15,18-19H,4-5,7-9,11-13H2,1H3. The van der Waals surface area contributed by atoms with Crippen LogP contribution in [0.2, 0.25) is 0 Å². The van der Waals surface area contributed by atoms with Gasteiger partial charge in [-0.15, -0.1) is 0 Å². The third kappa shape index (κ3) is 3.48. The second-order valence-corrected chi connectivity index (χ2v) is 7.61. The first-order chi connectivity index (χ1) is 12.2. The fourth-order valence-corrected chi connectivity index (χ4v) is 4.68. The summed E-state index contributed by atoms with van der Waals surface area (Å²) in [5.74, 6) is 0.876. The summed E-state index contributed by atoms with van der Waals surface area (Å²) < 4.78 is 1.77. The molecule has 1 aromatic heterocycles. The van der Waals surface area contributed by atoms with Crippen LogP contribution in [0.3, 0.4) is 0 Å². The molecule has 0 radical (unpaired) electrons. The number of carbonyl (C=O) groups excluding carboxylic acids is 1. The number of nitrogens with zero attached hydrogens (tertiary/aromatic N) is 3. The van der Waals surface area contributed by atoms with E-state index in [1.54, 1.807) is 10.9 Å². The number of aryl methyl sites for hydroxylation is 2. The van der Waals surface area contributed by atoms with Crippen LogP contribution in [0, 0.1) is 0 Å². The minimum Gasteiger partial charge on any atom is -0.339 e. The summed E-state index contributed by atoms with van der Waals surface area (Å²) in [5, 5.41) is 4.18. The number of rotatable bonds is 4. The minimum atomic E-state index is 0.264. The van der Waals surface area contributed by atoms with Gasteiger partial charge in [-0.2, -0.15) is 5.10 Å². The number of aromatic nitrogens is 2. The first-order valence-electron chi connectivity index (χ1n) is 9.55. The molecule has 1 fully saturated rings. The van der Waals surface area contributed by atoms with Gasteiger partial charge in [0, 0.05) is 25.8 Å². The topological polar surface area (TPSA) is 38.1 Å². The van der Waals surface area contributed by atoms with Crippen LogP contribution in [0.1, 0.15) is 54.7 Å². The summed E-state index contributed by atoms with van der Waals surface area (Å²) in [6, 6.07) is 9.30. The molecule has 1 aromatic carbocycles. The zero-order valence-corrected chi connectivity index (χ0v) is 15.0. The highest BCUT2D eigenvalue weighted by Gasteiger charge is 2.32. The van der Waals surface area contributed by atoms with Crippen LogP contribution in [0.15, 0.2) is 36.7 Å². The molecule has 2 aromatic rings. The summed E-state index contributed by atoms with van der Waals surface area (Å²) in [6.07, 6.45) is 11.4. The van der Waals surface area contributed by atoms with E-state index in [0.717, 1.165) is 31.4 Å². The lowest BCUT2D eigenvalue weighted by Gasteiger charge is -2.31. The van der Waals surface area contributed by atoms with E-state index in [9.17, 15) is 4.79 Å². The Balaban J connectivity index is 1.44. The molecule has 2 heterocycles. The Bertz CT molecular complexity index is 751. The monoisotopic (exact) mass is 337 g/mol. The van der Waals surface area contributed by atoms with E-state index in [-0.39, 0.29) is 5.91 Å². The highest BCUT2D eigenvalue weighted by molar-refractivity contribution is 5.79. The number of fused-ring (bicyclic) bond motifs is 1. The summed E-state index contributed by atoms with van der Waals surface area (Å²) in [6.45, 7) is 0.915. The van der Waals surface area contributed by atoms with E-state index in [1.807, 2.05) is 13.2 Å². The molecule has 4 rings (SSSR count). The Morgan fingerprint density at radius 2 is 2.12 bits per heavy atom. The average molecular weight is 337 g/mol. The summed E-state index contributed by atoms with van der Waals surface area (Å²) >= 11 is 0. The van der Waals surface area contributed by atoms with Gasteiger partial charge in [-0.05, 0) is 61.1 Å². The molecular weight excluding hydrogens is 310 g/mol. The van der Waals surface area contributed by atoms with E-state index in [4.69, 9.17) is 0 Å². The van der Waals surface area contributed by atoms with Crippen molar-refractivity contribution in [3.63, 3.8) is 0 Å². The smallest absolute Gasteiger partial charge is 0.227 e. The van der Waals surface area contributed by atoms with Gasteiger partial charge in [0.25, 0.3) is 0 Å². The molecule has 1 aliphatic carbocycles. The maximum Gasteiger partial charge on any atom is 0.227 e. The molecule has 4 heteroatoms. The van der Waals surface area contributed by atoms with Crippen LogP contribution in [0.4, 0.5) is 0 Å². The van der Waals surface area contributed by atoms with Crippen molar-refractivity contribution in [3.05, 3.63) is 53.3 Å². The van der Waals surface area contributed by atoms with Crippen LogP contribution >= 0.6 is 0 Å². The molecule has 2 aliphatic rings. The fourth-order valence-electron chi connectivity index (χ4n) is 4.68. The van der Waals surface area contributed by atoms with Crippen LogP contribution in [-0.4, -0.2) is 33.2 Å². The van der Waals surface area contributed by atoms with Crippen molar-refractivity contribution < 1.29 is 4.79 Å². The molecule has 2 unspecified atom stereocenters. The van der Waals surface area contributed by atoms with E-state index in [0.29, 0.717) is 18.4 Å². The SMILES string of the molecule is Cn1cc(CC(=O)N2CCCC2CC2CCCc3ccccc32)cn1. The van der Waals surface area contributed by atoms with Gasteiger partial charge in [0.1, 0.15) is 0 Å². The maximum atomic E-state index is 12.8. The number of likely N-dealkylation sites (tertiary alicyclic amines) is 1. The largest absolute Gasteiger partial charge is 0.339 e. The van der Waals surface area contributed by atoms with Crippen molar-refractivity contribution in [1.29, 1.82) is 0 Å². The Kier molecular flexibility index (Phi) is 4.60. The van der Waals surface area contributed by atoms with Crippen LogP contribution < -0.4 is 0 Å². The lowest BCUT2D eigenvalue weighted by molar-refractivity contribution is -0.131. The maximum absolute atomic E-state index is 12.8. The van der Waals surface area contributed by atoms with Gasteiger partial charge in [0.05, 0.1) is 12.6 Å². The number of carbonyl (C=O) groups is 1. The molecule has 1 saturated heterocycles. The summed E-state index contributed by atoms with van der Waals surface area (Å²) in [7, 11) is 1.90. The van der Waals surface area contributed by atoms with E-state index in [2.05, 4.69) is 34.3 Å². The van der Waals surface area contributed by atoms with Gasteiger partial charge in [-0.25, -0.2) is 0 Å².